The van der Waals surface area contributed by atoms with Gasteiger partial charge in [-0.05, 0) is 31.0 Å². The third-order valence-corrected chi connectivity index (χ3v) is 6.34. The number of fused-ring (bicyclic) bond motifs is 2. The van der Waals surface area contributed by atoms with Crippen molar-refractivity contribution in [2.75, 3.05) is 18.0 Å². The lowest BCUT2D eigenvalue weighted by Crippen LogP contribution is -2.48. The van der Waals surface area contributed by atoms with Crippen molar-refractivity contribution in [3.05, 3.63) is 48.5 Å². The predicted molar refractivity (Wildman–Crippen MR) is 100 cm³/mol. The number of aromatic nitrogens is 4. The summed E-state index contributed by atoms with van der Waals surface area (Å²) in [7, 11) is 0. The summed E-state index contributed by atoms with van der Waals surface area (Å²) in [5.41, 5.74) is 3.41. The summed E-state index contributed by atoms with van der Waals surface area (Å²) < 4.78 is 3.71. The van der Waals surface area contributed by atoms with E-state index in [1.54, 1.807) is 11.3 Å². The first-order chi connectivity index (χ1) is 12.4. The third-order valence-electron chi connectivity index (χ3n) is 5.24. The number of pyridine rings is 1. The molecule has 0 bridgehead atoms. The Bertz CT molecular complexity index is 1050. The molecule has 4 aromatic rings. The number of hydrogen-bond donors (Lipinski definition) is 0. The predicted octanol–water partition coefficient (Wildman–Crippen LogP) is 3.98. The average Bonchev–Trinajstić information content (AvgIpc) is 3.25. The molecular formula is C19H17N5S. The lowest BCUT2D eigenvalue weighted by molar-refractivity contribution is 0.397. The van der Waals surface area contributed by atoms with Crippen LogP contribution >= 0.6 is 11.3 Å². The zero-order chi connectivity index (χ0) is 16.4. The second-order valence-corrected chi connectivity index (χ2v) is 8.01. The molecule has 1 aliphatic heterocycles. The molecule has 2 aliphatic rings. The summed E-state index contributed by atoms with van der Waals surface area (Å²) in [6, 6.07) is 11.1. The van der Waals surface area contributed by atoms with Crippen LogP contribution in [0.25, 0.3) is 21.3 Å². The highest BCUT2D eigenvalue weighted by Gasteiger charge is 2.37. The number of anilines is 1. The van der Waals surface area contributed by atoms with Crippen molar-refractivity contribution < 1.29 is 0 Å². The van der Waals surface area contributed by atoms with Crippen molar-refractivity contribution in [1.82, 2.24) is 19.5 Å². The van der Waals surface area contributed by atoms with Gasteiger partial charge in [0.25, 0.3) is 0 Å². The van der Waals surface area contributed by atoms with Gasteiger partial charge in [-0.2, -0.15) is 0 Å². The Hall–Kier alpha value is -2.47. The van der Waals surface area contributed by atoms with Crippen molar-refractivity contribution in [3.63, 3.8) is 0 Å². The zero-order valence-corrected chi connectivity index (χ0v) is 14.5. The van der Waals surface area contributed by atoms with Gasteiger partial charge in [0.1, 0.15) is 11.3 Å². The number of benzene rings is 1. The fourth-order valence-corrected chi connectivity index (χ4v) is 4.70. The van der Waals surface area contributed by atoms with Crippen LogP contribution in [0.4, 0.5) is 5.13 Å². The molecule has 0 unspecified atom stereocenters. The zero-order valence-electron chi connectivity index (χ0n) is 13.7. The highest BCUT2D eigenvalue weighted by molar-refractivity contribution is 7.22. The minimum atomic E-state index is 0.494. The molecule has 1 aliphatic carbocycles. The molecule has 0 atom stereocenters. The van der Waals surface area contributed by atoms with E-state index in [-0.39, 0.29) is 0 Å². The summed E-state index contributed by atoms with van der Waals surface area (Å²) in [6.45, 7) is 2.01. The van der Waals surface area contributed by atoms with E-state index < -0.39 is 0 Å². The van der Waals surface area contributed by atoms with Gasteiger partial charge in [-0.1, -0.05) is 23.5 Å². The van der Waals surface area contributed by atoms with Crippen LogP contribution in [0.2, 0.25) is 0 Å². The highest BCUT2D eigenvalue weighted by Crippen LogP contribution is 2.43. The van der Waals surface area contributed by atoms with Crippen molar-refractivity contribution in [2.24, 2.45) is 0 Å². The number of rotatable bonds is 3. The van der Waals surface area contributed by atoms with Crippen LogP contribution in [0.3, 0.4) is 0 Å². The monoisotopic (exact) mass is 347 g/mol. The maximum atomic E-state index is 4.93. The standard InChI is InChI=1S/C19H17N5S/c1-2-4-16-14(3-1)21-18(12-5-6-12)24(16)13-10-23(11-13)19-22-15-9-20-8-7-17(15)25-19/h1-4,7-9,12-13H,5-6,10-11H2. The number of para-hydroxylation sites is 2. The highest BCUT2D eigenvalue weighted by atomic mass is 32.1. The second-order valence-electron chi connectivity index (χ2n) is 7.00. The van der Waals surface area contributed by atoms with E-state index in [1.165, 1.54) is 28.9 Å². The SMILES string of the molecule is c1ccc2c(c1)nc(C1CC1)n2C1CN(c2nc3cnccc3s2)C1. The van der Waals surface area contributed by atoms with Crippen LogP contribution < -0.4 is 4.90 Å². The van der Waals surface area contributed by atoms with Crippen LogP contribution in [0, 0.1) is 0 Å². The minimum absolute atomic E-state index is 0.494. The Balaban J connectivity index is 1.33. The smallest absolute Gasteiger partial charge is 0.186 e. The molecule has 124 valence electrons. The van der Waals surface area contributed by atoms with E-state index >= 15 is 0 Å². The Labute approximate surface area is 149 Å². The van der Waals surface area contributed by atoms with Gasteiger partial charge in [-0.15, -0.1) is 0 Å². The van der Waals surface area contributed by atoms with Gasteiger partial charge in [0.15, 0.2) is 5.13 Å². The van der Waals surface area contributed by atoms with Gasteiger partial charge in [-0.25, -0.2) is 9.97 Å². The normalized spacial score (nSPS) is 18.2. The molecule has 2 fully saturated rings. The number of imidazole rings is 1. The maximum Gasteiger partial charge on any atom is 0.186 e. The molecule has 6 heteroatoms. The lowest BCUT2D eigenvalue weighted by atomic mass is 10.1. The van der Waals surface area contributed by atoms with Gasteiger partial charge in [0.05, 0.1) is 28.0 Å². The summed E-state index contributed by atoms with van der Waals surface area (Å²) in [4.78, 5) is 16.2. The first-order valence-corrected chi connectivity index (χ1v) is 9.61. The molecule has 5 nitrogen and oxygen atoms in total. The number of hydrogen-bond acceptors (Lipinski definition) is 5. The lowest BCUT2D eigenvalue weighted by Gasteiger charge is -2.40. The van der Waals surface area contributed by atoms with Crippen LogP contribution in [0.5, 0.6) is 0 Å². The number of thiazole rings is 1. The first-order valence-electron chi connectivity index (χ1n) is 8.79. The summed E-state index contributed by atoms with van der Waals surface area (Å²) in [5.74, 6) is 1.95. The molecule has 1 saturated heterocycles. The van der Waals surface area contributed by atoms with E-state index in [9.17, 15) is 0 Å². The summed E-state index contributed by atoms with van der Waals surface area (Å²) in [6.07, 6.45) is 6.25. The molecule has 0 N–H and O–H groups in total. The molecule has 25 heavy (non-hydrogen) atoms. The first kappa shape index (κ1) is 13.8. The Morgan fingerprint density at radius 3 is 2.72 bits per heavy atom. The quantitative estimate of drug-likeness (QED) is 0.562. The van der Waals surface area contributed by atoms with Crippen LogP contribution in [-0.2, 0) is 0 Å². The molecule has 6 rings (SSSR count). The third kappa shape index (κ3) is 2.10. The topological polar surface area (TPSA) is 46.8 Å². The van der Waals surface area contributed by atoms with Crippen LogP contribution in [-0.4, -0.2) is 32.6 Å². The fraction of sp³-hybridized carbons (Fsp3) is 0.316. The van der Waals surface area contributed by atoms with Crippen LogP contribution in [0.15, 0.2) is 42.7 Å². The molecule has 0 amide bonds. The van der Waals surface area contributed by atoms with Gasteiger partial charge in [-0.3, -0.25) is 4.98 Å². The van der Waals surface area contributed by atoms with Gasteiger partial charge >= 0.3 is 0 Å². The average molecular weight is 347 g/mol. The molecule has 1 aromatic carbocycles. The number of nitrogens with zero attached hydrogens (tertiary/aromatic N) is 5. The van der Waals surface area contributed by atoms with Gasteiger partial charge < -0.3 is 9.47 Å². The minimum Gasteiger partial charge on any atom is -0.344 e. The van der Waals surface area contributed by atoms with Crippen molar-refractivity contribution in [2.45, 2.75) is 24.8 Å². The molecule has 1 saturated carbocycles. The van der Waals surface area contributed by atoms with Crippen molar-refractivity contribution >= 4 is 37.7 Å². The second kappa shape index (κ2) is 5.02. The maximum absolute atomic E-state index is 4.93. The van der Waals surface area contributed by atoms with E-state index in [0.29, 0.717) is 12.0 Å². The van der Waals surface area contributed by atoms with Gasteiger partial charge in [0.2, 0.25) is 0 Å². The molecule has 0 radical (unpaired) electrons. The molecule has 0 spiro atoms. The largest absolute Gasteiger partial charge is 0.344 e. The van der Waals surface area contributed by atoms with Crippen molar-refractivity contribution in [1.29, 1.82) is 0 Å². The Morgan fingerprint density at radius 2 is 1.88 bits per heavy atom. The van der Waals surface area contributed by atoms with E-state index in [2.05, 4.69) is 38.7 Å². The van der Waals surface area contributed by atoms with Crippen LogP contribution in [0.1, 0.15) is 30.6 Å². The fourth-order valence-electron chi connectivity index (χ4n) is 3.75. The van der Waals surface area contributed by atoms with E-state index in [0.717, 1.165) is 29.3 Å². The molecule has 4 heterocycles. The van der Waals surface area contributed by atoms with E-state index in [4.69, 9.17) is 9.97 Å². The Morgan fingerprint density at radius 1 is 1.00 bits per heavy atom. The Kier molecular flexibility index (Phi) is 2.77. The van der Waals surface area contributed by atoms with E-state index in [1.807, 2.05) is 18.5 Å². The summed E-state index contributed by atoms with van der Waals surface area (Å²) in [5, 5.41) is 1.11. The van der Waals surface area contributed by atoms with Gasteiger partial charge in [0, 0.05) is 25.2 Å². The molecular weight excluding hydrogens is 330 g/mol. The molecule has 3 aromatic heterocycles. The summed E-state index contributed by atoms with van der Waals surface area (Å²) >= 11 is 1.76. The van der Waals surface area contributed by atoms with Crippen molar-refractivity contribution in [3.8, 4) is 0 Å².